The fourth-order valence-electron chi connectivity index (χ4n) is 4.10. The number of aliphatic carboxylic acids is 1. The SMILES string of the molecule is O=C(NCC1(c2ccc(Cl)cc2)CCOCC1)NC1CCC(C(=O)O)CC1. The topological polar surface area (TPSA) is 87.7 Å². The average molecular weight is 395 g/mol. The van der Waals surface area contributed by atoms with Crippen molar-refractivity contribution in [2.75, 3.05) is 19.8 Å². The number of hydrogen-bond donors (Lipinski definition) is 3. The minimum Gasteiger partial charge on any atom is -0.481 e. The van der Waals surface area contributed by atoms with Gasteiger partial charge in [0.25, 0.3) is 0 Å². The minimum atomic E-state index is -0.734. The van der Waals surface area contributed by atoms with Gasteiger partial charge in [0.05, 0.1) is 5.92 Å². The molecule has 2 amide bonds. The lowest BCUT2D eigenvalue weighted by Gasteiger charge is -2.38. The molecule has 1 aliphatic heterocycles. The lowest BCUT2D eigenvalue weighted by Crippen LogP contribution is -2.50. The van der Waals surface area contributed by atoms with Crippen molar-refractivity contribution in [1.29, 1.82) is 0 Å². The molecular weight excluding hydrogens is 368 g/mol. The van der Waals surface area contributed by atoms with Crippen LogP contribution in [0.4, 0.5) is 4.79 Å². The zero-order valence-electron chi connectivity index (χ0n) is 15.4. The summed E-state index contributed by atoms with van der Waals surface area (Å²) in [5, 5.41) is 15.8. The van der Waals surface area contributed by atoms with E-state index in [0.717, 1.165) is 18.4 Å². The highest BCUT2D eigenvalue weighted by molar-refractivity contribution is 6.30. The molecule has 0 atom stereocenters. The van der Waals surface area contributed by atoms with E-state index in [9.17, 15) is 9.59 Å². The number of carboxylic acid groups (broad SMARTS) is 1. The Morgan fingerprint density at radius 1 is 1.11 bits per heavy atom. The Labute approximate surface area is 164 Å². The number of carbonyl (C=O) groups excluding carboxylic acids is 1. The lowest BCUT2D eigenvalue weighted by atomic mass is 9.74. The van der Waals surface area contributed by atoms with E-state index in [1.165, 1.54) is 0 Å². The average Bonchev–Trinajstić information content (AvgIpc) is 2.68. The number of ether oxygens (including phenoxy) is 1. The summed E-state index contributed by atoms with van der Waals surface area (Å²) < 4.78 is 5.53. The summed E-state index contributed by atoms with van der Waals surface area (Å²) >= 11 is 6.02. The van der Waals surface area contributed by atoms with E-state index in [2.05, 4.69) is 10.6 Å². The van der Waals surface area contributed by atoms with Gasteiger partial charge in [0, 0.05) is 36.2 Å². The van der Waals surface area contributed by atoms with Crippen molar-refractivity contribution in [1.82, 2.24) is 10.6 Å². The second kappa shape index (κ2) is 8.93. The number of amides is 2. The Balaban J connectivity index is 1.55. The smallest absolute Gasteiger partial charge is 0.315 e. The van der Waals surface area contributed by atoms with Gasteiger partial charge < -0.3 is 20.5 Å². The molecule has 1 aliphatic carbocycles. The third-order valence-corrected chi connectivity index (χ3v) is 6.16. The number of hydrogen-bond acceptors (Lipinski definition) is 3. The van der Waals surface area contributed by atoms with E-state index in [1.807, 2.05) is 24.3 Å². The molecule has 2 aliphatic rings. The van der Waals surface area contributed by atoms with E-state index in [1.54, 1.807) is 0 Å². The van der Waals surface area contributed by atoms with Crippen LogP contribution in [-0.2, 0) is 14.9 Å². The van der Waals surface area contributed by atoms with Crippen LogP contribution in [0.1, 0.15) is 44.1 Å². The molecule has 3 rings (SSSR count). The molecule has 0 radical (unpaired) electrons. The molecule has 0 aromatic heterocycles. The van der Waals surface area contributed by atoms with Gasteiger partial charge in [-0.05, 0) is 56.2 Å². The predicted molar refractivity (Wildman–Crippen MR) is 103 cm³/mol. The van der Waals surface area contributed by atoms with Gasteiger partial charge in [-0.2, -0.15) is 0 Å². The number of rotatable bonds is 5. The van der Waals surface area contributed by atoms with Crippen molar-refractivity contribution >= 4 is 23.6 Å². The quantitative estimate of drug-likeness (QED) is 0.714. The van der Waals surface area contributed by atoms with E-state index < -0.39 is 5.97 Å². The van der Waals surface area contributed by atoms with Gasteiger partial charge in [0.1, 0.15) is 0 Å². The number of nitrogens with one attached hydrogen (secondary N) is 2. The normalized spacial score (nSPS) is 24.8. The number of carboxylic acids is 1. The largest absolute Gasteiger partial charge is 0.481 e. The molecular formula is C20H27ClN2O4. The Hall–Kier alpha value is -1.79. The minimum absolute atomic E-state index is 0.0433. The van der Waals surface area contributed by atoms with Crippen LogP contribution in [-0.4, -0.2) is 42.9 Å². The van der Waals surface area contributed by atoms with Gasteiger partial charge in [-0.15, -0.1) is 0 Å². The molecule has 1 aromatic rings. The Kier molecular flexibility index (Phi) is 6.60. The van der Waals surface area contributed by atoms with Crippen LogP contribution in [0.5, 0.6) is 0 Å². The first-order valence-electron chi connectivity index (χ1n) is 9.59. The van der Waals surface area contributed by atoms with Gasteiger partial charge in [-0.3, -0.25) is 4.79 Å². The fourth-order valence-corrected chi connectivity index (χ4v) is 4.23. The van der Waals surface area contributed by atoms with Crippen LogP contribution in [0.25, 0.3) is 0 Å². The standard InChI is InChI=1S/C20H27ClN2O4/c21-16-5-3-15(4-6-16)20(9-11-27-12-10-20)13-22-19(26)23-17-7-1-14(2-8-17)18(24)25/h3-6,14,17H,1-2,7-13H2,(H,24,25)(H2,22,23,26). The number of urea groups is 1. The Morgan fingerprint density at radius 3 is 2.33 bits per heavy atom. The maximum Gasteiger partial charge on any atom is 0.315 e. The fraction of sp³-hybridized carbons (Fsp3) is 0.600. The Morgan fingerprint density at radius 2 is 1.74 bits per heavy atom. The third-order valence-electron chi connectivity index (χ3n) is 5.91. The number of benzene rings is 1. The molecule has 1 saturated carbocycles. The summed E-state index contributed by atoms with van der Waals surface area (Å²) in [6.45, 7) is 1.88. The van der Waals surface area contributed by atoms with E-state index in [4.69, 9.17) is 21.4 Å². The summed E-state index contributed by atoms with van der Waals surface area (Å²) in [4.78, 5) is 23.4. The first-order chi connectivity index (χ1) is 13.0. The maximum atomic E-state index is 12.4. The van der Waals surface area contributed by atoms with Crippen molar-refractivity contribution in [2.24, 2.45) is 5.92 Å². The van der Waals surface area contributed by atoms with Gasteiger partial charge >= 0.3 is 12.0 Å². The molecule has 2 fully saturated rings. The van der Waals surface area contributed by atoms with E-state index in [0.29, 0.717) is 50.5 Å². The molecule has 27 heavy (non-hydrogen) atoms. The van der Waals surface area contributed by atoms with E-state index >= 15 is 0 Å². The zero-order chi connectivity index (χ0) is 19.3. The van der Waals surface area contributed by atoms with E-state index in [-0.39, 0.29) is 23.4 Å². The van der Waals surface area contributed by atoms with Crippen LogP contribution in [0.2, 0.25) is 5.02 Å². The summed E-state index contributed by atoms with van der Waals surface area (Å²) in [6, 6.07) is 7.68. The zero-order valence-corrected chi connectivity index (χ0v) is 16.1. The second-order valence-corrected chi connectivity index (χ2v) is 8.05. The molecule has 1 aromatic carbocycles. The van der Waals surface area contributed by atoms with Crippen molar-refractivity contribution in [3.8, 4) is 0 Å². The lowest BCUT2D eigenvalue weighted by molar-refractivity contribution is -0.142. The van der Waals surface area contributed by atoms with Gasteiger partial charge in [-0.25, -0.2) is 4.79 Å². The molecule has 148 valence electrons. The van der Waals surface area contributed by atoms with Gasteiger partial charge in [0.2, 0.25) is 0 Å². The molecule has 0 bridgehead atoms. The molecule has 1 heterocycles. The highest BCUT2D eigenvalue weighted by Crippen LogP contribution is 2.35. The molecule has 0 unspecified atom stereocenters. The molecule has 6 nitrogen and oxygen atoms in total. The van der Waals surface area contributed by atoms with Crippen molar-refractivity contribution < 1.29 is 19.4 Å². The maximum absolute atomic E-state index is 12.4. The van der Waals surface area contributed by atoms with Crippen molar-refractivity contribution in [3.63, 3.8) is 0 Å². The number of carbonyl (C=O) groups is 2. The summed E-state index contributed by atoms with van der Waals surface area (Å²) in [5.41, 5.74) is 1.01. The van der Waals surface area contributed by atoms with Crippen LogP contribution in [0.15, 0.2) is 24.3 Å². The second-order valence-electron chi connectivity index (χ2n) is 7.61. The van der Waals surface area contributed by atoms with Crippen molar-refractivity contribution in [3.05, 3.63) is 34.9 Å². The molecule has 1 saturated heterocycles. The van der Waals surface area contributed by atoms with Crippen LogP contribution >= 0.6 is 11.6 Å². The molecule has 0 spiro atoms. The predicted octanol–water partition coefficient (Wildman–Crippen LogP) is 3.33. The van der Waals surface area contributed by atoms with Gasteiger partial charge in [-0.1, -0.05) is 23.7 Å². The summed E-state index contributed by atoms with van der Waals surface area (Å²) in [7, 11) is 0. The van der Waals surface area contributed by atoms with Gasteiger partial charge in [0.15, 0.2) is 0 Å². The molecule has 7 heteroatoms. The first-order valence-corrected chi connectivity index (χ1v) is 9.97. The highest BCUT2D eigenvalue weighted by Gasteiger charge is 2.35. The summed E-state index contributed by atoms with van der Waals surface area (Å²) in [5.74, 6) is -1.01. The summed E-state index contributed by atoms with van der Waals surface area (Å²) in [6.07, 6.45) is 4.34. The van der Waals surface area contributed by atoms with Crippen LogP contribution in [0, 0.1) is 5.92 Å². The van der Waals surface area contributed by atoms with Crippen LogP contribution in [0.3, 0.4) is 0 Å². The van der Waals surface area contributed by atoms with Crippen molar-refractivity contribution in [2.45, 2.75) is 50.0 Å². The first kappa shape index (κ1) is 20.0. The Bertz CT molecular complexity index is 650. The molecule has 3 N–H and O–H groups in total. The monoisotopic (exact) mass is 394 g/mol. The number of halogens is 1. The highest BCUT2D eigenvalue weighted by atomic mass is 35.5. The third kappa shape index (κ3) is 5.14. The van der Waals surface area contributed by atoms with Crippen LogP contribution < -0.4 is 10.6 Å².